The van der Waals surface area contributed by atoms with E-state index < -0.39 is 0 Å². The Bertz CT molecular complexity index is 1370. The van der Waals surface area contributed by atoms with E-state index in [1.165, 1.54) is 5.56 Å². The highest BCUT2D eigenvalue weighted by Gasteiger charge is 2.25. The van der Waals surface area contributed by atoms with Gasteiger partial charge >= 0.3 is 6.03 Å². The molecule has 0 aliphatic carbocycles. The number of hydrogen-bond acceptors (Lipinski definition) is 4. The van der Waals surface area contributed by atoms with Gasteiger partial charge < -0.3 is 15.1 Å². The van der Waals surface area contributed by atoms with Crippen molar-refractivity contribution in [1.29, 1.82) is 0 Å². The van der Waals surface area contributed by atoms with E-state index in [0.717, 1.165) is 39.2 Å². The van der Waals surface area contributed by atoms with Gasteiger partial charge in [0, 0.05) is 64.6 Å². The maximum Gasteiger partial charge on any atom is 0.321 e. The third kappa shape index (κ3) is 6.12. The summed E-state index contributed by atoms with van der Waals surface area (Å²) in [6.45, 7) is 4.63. The lowest BCUT2D eigenvalue weighted by molar-refractivity contribution is 0.208. The molecule has 37 heavy (non-hydrogen) atoms. The topological polar surface area (TPSA) is 61.4 Å². The van der Waals surface area contributed by atoms with Crippen molar-refractivity contribution >= 4 is 45.1 Å². The number of halogens is 2. The van der Waals surface area contributed by atoms with E-state index in [-0.39, 0.29) is 6.03 Å². The van der Waals surface area contributed by atoms with Crippen LogP contribution in [-0.4, -0.2) is 47.1 Å². The van der Waals surface area contributed by atoms with Gasteiger partial charge in [-0.15, -0.1) is 0 Å². The Labute approximate surface area is 230 Å². The highest BCUT2D eigenvalue weighted by Crippen LogP contribution is 2.29. The molecule has 1 fully saturated rings. The average molecular weight is 577 g/mol. The van der Waals surface area contributed by atoms with E-state index in [2.05, 4.69) is 50.4 Å². The first-order valence-corrected chi connectivity index (χ1v) is 13.4. The minimum atomic E-state index is -0.0906. The van der Waals surface area contributed by atoms with Gasteiger partial charge in [-0.1, -0.05) is 57.9 Å². The molecule has 0 unspecified atom stereocenters. The number of hydrogen-bond donors (Lipinski definition) is 1. The fraction of sp³-hybridized carbons (Fsp3) is 0.207. The lowest BCUT2D eigenvalue weighted by atomic mass is 10.0. The Morgan fingerprint density at radius 3 is 2.27 bits per heavy atom. The van der Waals surface area contributed by atoms with Gasteiger partial charge in [0.2, 0.25) is 0 Å². The molecule has 6 nitrogen and oxygen atoms in total. The fourth-order valence-corrected chi connectivity index (χ4v) is 4.82. The summed E-state index contributed by atoms with van der Waals surface area (Å²) < 4.78 is 0.975. The predicted molar refractivity (Wildman–Crippen MR) is 153 cm³/mol. The van der Waals surface area contributed by atoms with Crippen molar-refractivity contribution in [2.24, 2.45) is 0 Å². The van der Waals surface area contributed by atoms with Crippen molar-refractivity contribution in [2.75, 3.05) is 36.4 Å². The summed E-state index contributed by atoms with van der Waals surface area (Å²) in [6.07, 6.45) is 0.743. The zero-order valence-corrected chi connectivity index (χ0v) is 22.8. The number of piperazine rings is 1. The SMILES string of the molecule is Cc1nc(-c2ccc(Cl)cc2)nc(N2CCN(C(=O)Nc3ccc(Br)cc3)CC2)c1Cc1ccccc1. The van der Waals surface area contributed by atoms with Crippen LogP contribution >= 0.6 is 27.5 Å². The molecule has 4 aromatic rings. The van der Waals surface area contributed by atoms with E-state index in [0.29, 0.717) is 37.0 Å². The van der Waals surface area contributed by atoms with Crippen LogP contribution in [0.1, 0.15) is 16.8 Å². The summed E-state index contributed by atoms with van der Waals surface area (Å²) in [5.74, 6) is 1.60. The Kier molecular flexibility index (Phi) is 7.72. The minimum Gasteiger partial charge on any atom is -0.353 e. The van der Waals surface area contributed by atoms with Crippen molar-refractivity contribution in [1.82, 2.24) is 14.9 Å². The third-order valence-corrected chi connectivity index (χ3v) is 7.26. The van der Waals surface area contributed by atoms with E-state index in [1.807, 2.05) is 66.4 Å². The molecule has 0 radical (unpaired) electrons. The van der Waals surface area contributed by atoms with Crippen LogP contribution in [0.5, 0.6) is 0 Å². The van der Waals surface area contributed by atoms with Gasteiger partial charge in [-0.2, -0.15) is 0 Å². The molecule has 0 atom stereocenters. The molecule has 3 aromatic carbocycles. The molecule has 1 saturated heterocycles. The summed E-state index contributed by atoms with van der Waals surface area (Å²) in [6, 6.07) is 25.5. The molecule has 1 aliphatic rings. The summed E-state index contributed by atoms with van der Waals surface area (Å²) in [5, 5.41) is 3.67. The number of anilines is 2. The Morgan fingerprint density at radius 2 is 1.59 bits per heavy atom. The van der Waals surface area contributed by atoms with E-state index in [4.69, 9.17) is 21.6 Å². The smallest absolute Gasteiger partial charge is 0.321 e. The number of amides is 2. The number of carbonyl (C=O) groups excluding carboxylic acids is 1. The van der Waals surface area contributed by atoms with Crippen molar-refractivity contribution in [3.8, 4) is 11.4 Å². The maximum absolute atomic E-state index is 12.9. The summed E-state index contributed by atoms with van der Waals surface area (Å²) in [4.78, 5) is 26.9. The van der Waals surface area contributed by atoms with Gasteiger partial charge in [0.1, 0.15) is 5.82 Å². The van der Waals surface area contributed by atoms with Gasteiger partial charge in [0.25, 0.3) is 0 Å². The molecular formula is C29H27BrClN5O. The number of carbonyl (C=O) groups is 1. The second kappa shape index (κ2) is 11.3. The molecule has 5 rings (SSSR count). The molecule has 2 heterocycles. The van der Waals surface area contributed by atoms with Crippen LogP contribution in [0, 0.1) is 6.92 Å². The third-order valence-electron chi connectivity index (χ3n) is 6.48. The summed E-state index contributed by atoms with van der Waals surface area (Å²) in [7, 11) is 0. The Hall–Kier alpha value is -3.42. The number of aromatic nitrogens is 2. The fourth-order valence-electron chi connectivity index (χ4n) is 4.43. The van der Waals surface area contributed by atoms with Crippen LogP contribution in [0.2, 0.25) is 5.02 Å². The van der Waals surface area contributed by atoms with Gasteiger partial charge in [0.05, 0.1) is 0 Å². The Balaban J connectivity index is 1.38. The number of rotatable bonds is 5. The molecule has 188 valence electrons. The zero-order valence-electron chi connectivity index (χ0n) is 20.5. The zero-order chi connectivity index (χ0) is 25.8. The monoisotopic (exact) mass is 575 g/mol. The number of nitrogens with zero attached hydrogens (tertiary/aromatic N) is 4. The molecule has 1 N–H and O–H groups in total. The van der Waals surface area contributed by atoms with Crippen molar-refractivity contribution in [3.63, 3.8) is 0 Å². The van der Waals surface area contributed by atoms with Gasteiger partial charge in [-0.3, -0.25) is 0 Å². The normalized spacial score (nSPS) is 13.5. The number of nitrogens with one attached hydrogen (secondary N) is 1. The molecule has 8 heteroatoms. The van der Waals surface area contributed by atoms with Gasteiger partial charge in [-0.05, 0) is 61.0 Å². The first-order chi connectivity index (χ1) is 18.0. The predicted octanol–water partition coefficient (Wildman–Crippen LogP) is 6.81. The van der Waals surface area contributed by atoms with E-state index in [1.54, 1.807) is 0 Å². The summed E-state index contributed by atoms with van der Waals surface area (Å²) >= 11 is 9.53. The lowest BCUT2D eigenvalue weighted by Gasteiger charge is -2.36. The second-order valence-electron chi connectivity index (χ2n) is 9.02. The van der Waals surface area contributed by atoms with Gasteiger partial charge in [0.15, 0.2) is 5.82 Å². The maximum atomic E-state index is 12.9. The van der Waals surface area contributed by atoms with Crippen molar-refractivity contribution < 1.29 is 4.79 Å². The Morgan fingerprint density at radius 1 is 0.919 bits per heavy atom. The van der Waals surface area contributed by atoms with Crippen LogP contribution in [0.4, 0.5) is 16.3 Å². The van der Waals surface area contributed by atoms with Crippen LogP contribution < -0.4 is 10.2 Å². The summed E-state index contributed by atoms with van der Waals surface area (Å²) in [5.41, 5.74) is 4.97. The molecular weight excluding hydrogens is 550 g/mol. The highest BCUT2D eigenvalue weighted by atomic mass is 79.9. The van der Waals surface area contributed by atoms with Crippen LogP contribution in [-0.2, 0) is 6.42 Å². The number of urea groups is 1. The van der Waals surface area contributed by atoms with Crippen molar-refractivity contribution in [2.45, 2.75) is 13.3 Å². The number of aryl methyl sites for hydroxylation is 1. The first-order valence-electron chi connectivity index (χ1n) is 12.2. The second-order valence-corrected chi connectivity index (χ2v) is 10.4. The van der Waals surface area contributed by atoms with Crippen LogP contribution in [0.25, 0.3) is 11.4 Å². The van der Waals surface area contributed by atoms with E-state index in [9.17, 15) is 4.79 Å². The van der Waals surface area contributed by atoms with E-state index >= 15 is 0 Å². The molecule has 0 spiro atoms. The number of benzene rings is 3. The average Bonchev–Trinajstić information content (AvgIpc) is 2.92. The quantitative estimate of drug-likeness (QED) is 0.283. The first kappa shape index (κ1) is 25.2. The molecule has 2 amide bonds. The molecule has 1 aromatic heterocycles. The van der Waals surface area contributed by atoms with Crippen molar-refractivity contribution in [3.05, 3.63) is 105 Å². The van der Waals surface area contributed by atoms with Crippen LogP contribution in [0.3, 0.4) is 0 Å². The van der Waals surface area contributed by atoms with Crippen LogP contribution in [0.15, 0.2) is 83.3 Å². The largest absolute Gasteiger partial charge is 0.353 e. The standard InChI is InChI=1S/C29H27BrClN5O/c1-20-26(19-21-5-3-2-4-6-21)28(34-27(32-20)22-7-11-24(31)12-8-22)35-15-17-36(18-16-35)29(37)33-25-13-9-23(30)10-14-25/h2-14H,15-19H2,1H3,(H,33,37). The lowest BCUT2D eigenvalue weighted by Crippen LogP contribution is -2.50. The molecule has 0 saturated carbocycles. The molecule has 1 aliphatic heterocycles. The van der Waals surface area contributed by atoms with Gasteiger partial charge in [-0.25, -0.2) is 14.8 Å². The molecule has 0 bridgehead atoms. The minimum absolute atomic E-state index is 0.0906. The highest BCUT2D eigenvalue weighted by molar-refractivity contribution is 9.10.